The third-order valence-corrected chi connectivity index (χ3v) is 3.29. The van der Waals surface area contributed by atoms with Gasteiger partial charge in [0.25, 0.3) is 0 Å². The zero-order chi connectivity index (χ0) is 20.2. The molecule has 1 rings (SSSR count). The third kappa shape index (κ3) is 11.8. The average Bonchev–Trinajstić information content (AvgIpc) is 2.53. The summed E-state index contributed by atoms with van der Waals surface area (Å²) in [5.74, 6) is 1.88. The molecule has 0 aliphatic rings. The van der Waals surface area contributed by atoms with Gasteiger partial charge in [-0.25, -0.2) is 9.59 Å². The Hall–Kier alpha value is -2.66. The number of aldehydes is 1. The number of hydrogen-bond donors (Lipinski definition) is 3. The Morgan fingerprint density at radius 2 is 1.88 bits per heavy atom. The van der Waals surface area contributed by atoms with E-state index in [-0.39, 0.29) is 11.5 Å². The van der Waals surface area contributed by atoms with Crippen LogP contribution in [-0.4, -0.2) is 46.0 Å². The summed E-state index contributed by atoms with van der Waals surface area (Å²) in [6, 6.07) is 5.06. The lowest BCUT2D eigenvalue weighted by molar-refractivity contribution is -0.138. The number of carboxylic acid groups (broad SMARTS) is 1. The highest BCUT2D eigenvalue weighted by molar-refractivity contribution is 8.03. The lowest BCUT2D eigenvalue weighted by Crippen LogP contribution is -2.44. The van der Waals surface area contributed by atoms with Gasteiger partial charge in [-0.1, -0.05) is 17.7 Å². The molecule has 0 saturated heterocycles. The van der Waals surface area contributed by atoms with Crippen LogP contribution in [0.3, 0.4) is 0 Å². The number of aliphatic carboxylic acids is 1. The van der Waals surface area contributed by atoms with Gasteiger partial charge in [-0.2, -0.15) is 0 Å². The van der Waals surface area contributed by atoms with Crippen LogP contribution in [0.1, 0.15) is 38.1 Å². The molecule has 1 amide bonds. The normalized spacial score (nSPS) is 10.9. The molecule has 1 unspecified atom stereocenters. The van der Waals surface area contributed by atoms with Crippen molar-refractivity contribution in [2.45, 2.75) is 39.3 Å². The van der Waals surface area contributed by atoms with Crippen molar-refractivity contribution in [2.24, 2.45) is 0 Å². The summed E-state index contributed by atoms with van der Waals surface area (Å²) >= 11 is 1.14. The highest BCUT2D eigenvalue weighted by atomic mass is 32.2. The van der Waals surface area contributed by atoms with Crippen molar-refractivity contribution in [3.63, 3.8) is 0 Å². The molecular weight excluding hydrogens is 358 g/mol. The predicted octanol–water partition coefficient (Wildman–Crippen LogP) is 2.88. The molecule has 0 aromatic heterocycles. The second kappa shape index (κ2) is 11.8. The lowest BCUT2D eigenvalue weighted by Gasteiger charge is -2.21. The smallest absolute Gasteiger partial charge is 0.408 e. The molecule has 0 aliphatic heterocycles. The van der Waals surface area contributed by atoms with E-state index in [1.54, 1.807) is 39.8 Å². The van der Waals surface area contributed by atoms with Crippen molar-refractivity contribution >= 4 is 30.1 Å². The minimum atomic E-state index is -1.11. The number of carbonyl (C=O) groups is 3. The molecule has 0 heterocycles. The van der Waals surface area contributed by atoms with Gasteiger partial charge in [0.15, 0.2) is 0 Å². The fourth-order valence-electron chi connectivity index (χ4n) is 1.37. The zero-order valence-electron chi connectivity index (χ0n) is 15.1. The molecule has 0 bridgehead atoms. The highest BCUT2D eigenvalue weighted by Gasteiger charge is 2.23. The molecule has 1 atom stereocenters. The predicted molar refractivity (Wildman–Crippen MR) is 100 cm³/mol. The molecule has 1 aromatic rings. The van der Waals surface area contributed by atoms with Gasteiger partial charge in [0.2, 0.25) is 0 Å². The number of nitrogens with one attached hydrogen (secondary N) is 1. The first-order valence-electron chi connectivity index (χ1n) is 7.59. The third-order valence-electron chi connectivity index (χ3n) is 2.44. The van der Waals surface area contributed by atoms with Gasteiger partial charge >= 0.3 is 12.1 Å². The summed E-state index contributed by atoms with van der Waals surface area (Å²) in [5.41, 5.74) is -0.0726. The Balaban J connectivity index is 0.000000577. The van der Waals surface area contributed by atoms with E-state index in [0.29, 0.717) is 5.56 Å². The Morgan fingerprint density at radius 1 is 1.31 bits per heavy atom. The van der Waals surface area contributed by atoms with Crippen molar-refractivity contribution in [2.75, 3.05) is 5.75 Å². The zero-order valence-corrected chi connectivity index (χ0v) is 15.9. The Labute approximate surface area is 157 Å². The molecule has 0 fully saturated rings. The quantitative estimate of drug-likeness (QED) is 0.531. The minimum Gasteiger partial charge on any atom is -0.508 e. The SMILES string of the molecule is CC#CSCC(NC(=O)OC(C)(C)C)C(=O)O.O=Cc1ccc(O)cc1. The maximum Gasteiger partial charge on any atom is 0.408 e. The number of carbonyl (C=O) groups excluding carboxylic acids is 2. The molecule has 142 valence electrons. The van der Waals surface area contributed by atoms with E-state index in [1.165, 1.54) is 12.1 Å². The van der Waals surface area contributed by atoms with E-state index in [2.05, 4.69) is 16.5 Å². The lowest BCUT2D eigenvalue weighted by atomic mass is 10.2. The van der Waals surface area contributed by atoms with Crippen molar-refractivity contribution in [3.8, 4) is 16.9 Å². The van der Waals surface area contributed by atoms with Gasteiger partial charge in [-0.05, 0) is 57.2 Å². The van der Waals surface area contributed by atoms with Crippen LogP contribution in [0.15, 0.2) is 24.3 Å². The van der Waals surface area contributed by atoms with Crippen LogP contribution in [0, 0.1) is 11.2 Å². The summed E-state index contributed by atoms with van der Waals surface area (Å²) in [4.78, 5) is 32.3. The number of hydrogen-bond acceptors (Lipinski definition) is 6. The first kappa shape index (κ1) is 23.3. The largest absolute Gasteiger partial charge is 0.508 e. The molecular formula is C18H23NO6S. The van der Waals surface area contributed by atoms with Crippen LogP contribution in [0.4, 0.5) is 4.79 Å². The monoisotopic (exact) mass is 381 g/mol. The van der Waals surface area contributed by atoms with Crippen LogP contribution >= 0.6 is 11.8 Å². The van der Waals surface area contributed by atoms with Crippen LogP contribution in [0.5, 0.6) is 5.75 Å². The van der Waals surface area contributed by atoms with E-state index < -0.39 is 23.7 Å². The number of thioether (sulfide) groups is 1. The summed E-state index contributed by atoms with van der Waals surface area (Å²) < 4.78 is 4.97. The van der Waals surface area contributed by atoms with E-state index in [4.69, 9.17) is 14.9 Å². The fraction of sp³-hybridized carbons (Fsp3) is 0.389. The number of ether oxygens (including phenoxy) is 1. The number of phenols is 1. The Morgan fingerprint density at radius 3 is 2.31 bits per heavy atom. The number of phenolic OH excluding ortho intramolecular Hbond substituents is 1. The average molecular weight is 381 g/mol. The van der Waals surface area contributed by atoms with Gasteiger partial charge < -0.3 is 20.3 Å². The van der Waals surface area contributed by atoms with Gasteiger partial charge in [0, 0.05) is 11.3 Å². The molecule has 0 saturated carbocycles. The molecule has 26 heavy (non-hydrogen) atoms. The van der Waals surface area contributed by atoms with Crippen molar-refractivity contribution in [1.82, 2.24) is 5.32 Å². The van der Waals surface area contributed by atoms with E-state index in [9.17, 15) is 14.4 Å². The highest BCUT2D eigenvalue weighted by Crippen LogP contribution is 2.08. The topological polar surface area (TPSA) is 113 Å². The Kier molecular flexibility index (Phi) is 10.6. The summed E-state index contributed by atoms with van der Waals surface area (Å²) in [6.07, 6.45) is -0.00522. The van der Waals surface area contributed by atoms with E-state index in [1.807, 2.05) is 0 Å². The second-order valence-electron chi connectivity index (χ2n) is 5.91. The number of aromatic hydroxyl groups is 1. The van der Waals surface area contributed by atoms with Gasteiger partial charge in [-0.3, -0.25) is 4.79 Å². The van der Waals surface area contributed by atoms with E-state index in [0.717, 1.165) is 18.0 Å². The number of benzene rings is 1. The standard InChI is InChI=1S/C11H17NO4S.C7H6O2/c1-5-6-17-7-8(9(13)14)12-10(15)16-11(2,3)4;8-5-6-1-3-7(9)4-2-6/h8H,7H2,1-4H3,(H,12,15)(H,13,14);1-5,9H. The Bertz CT molecular complexity index is 655. The molecule has 3 N–H and O–H groups in total. The number of amides is 1. The van der Waals surface area contributed by atoms with Crippen molar-refractivity contribution < 1.29 is 29.3 Å². The fourth-order valence-corrected chi connectivity index (χ4v) is 1.99. The summed E-state index contributed by atoms with van der Waals surface area (Å²) in [5, 5.41) is 22.6. The van der Waals surface area contributed by atoms with E-state index >= 15 is 0 Å². The van der Waals surface area contributed by atoms with Gasteiger partial charge in [-0.15, -0.1) is 0 Å². The molecule has 0 radical (unpaired) electrons. The summed E-state index contributed by atoms with van der Waals surface area (Å²) in [7, 11) is 0. The number of rotatable bonds is 5. The van der Waals surface area contributed by atoms with Gasteiger partial charge in [0.1, 0.15) is 23.7 Å². The van der Waals surface area contributed by atoms with Crippen LogP contribution in [0.25, 0.3) is 0 Å². The molecule has 7 nitrogen and oxygen atoms in total. The molecule has 1 aromatic carbocycles. The molecule has 0 spiro atoms. The van der Waals surface area contributed by atoms with Gasteiger partial charge in [0.05, 0.1) is 0 Å². The van der Waals surface area contributed by atoms with Crippen LogP contribution < -0.4 is 5.32 Å². The maximum atomic E-state index is 11.4. The van der Waals surface area contributed by atoms with Crippen LogP contribution in [0.2, 0.25) is 0 Å². The second-order valence-corrected chi connectivity index (χ2v) is 6.74. The van der Waals surface area contributed by atoms with Crippen molar-refractivity contribution in [3.05, 3.63) is 29.8 Å². The van der Waals surface area contributed by atoms with Crippen LogP contribution in [-0.2, 0) is 9.53 Å². The first-order chi connectivity index (χ1) is 12.1. The first-order valence-corrected chi connectivity index (χ1v) is 8.57. The summed E-state index contributed by atoms with van der Waals surface area (Å²) in [6.45, 7) is 6.78. The molecule has 0 aliphatic carbocycles. The number of alkyl carbamates (subject to hydrolysis) is 1. The van der Waals surface area contributed by atoms with Crippen molar-refractivity contribution in [1.29, 1.82) is 0 Å². The maximum absolute atomic E-state index is 11.4. The minimum absolute atomic E-state index is 0.176. The number of carboxylic acids is 1. The molecule has 8 heteroatoms.